The molecule has 0 radical (unpaired) electrons. The van der Waals surface area contributed by atoms with E-state index in [0.717, 1.165) is 5.56 Å². The van der Waals surface area contributed by atoms with Crippen LogP contribution >= 0.6 is 0 Å². The molecule has 0 bridgehead atoms. The van der Waals surface area contributed by atoms with Crippen molar-refractivity contribution in [2.45, 2.75) is 6.23 Å². The number of rotatable bonds is 4. The largest absolute Gasteiger partial charge is 0.398 e. The van der Waals surface area contributed by atoms with Crippen LogP contribution in [-0.4, -0.2) is 13.0 Å². The number of nitrogen functional groups attached to an aromatic ring is 1. The van der Waals surface area contributed by atoms with E-state index in [2.05, 4.69) is 5.32 Å². The molecule has 0 aliphatic rings. The number of para-hydroxylation sites is 1. The van der Waals surface area contributed by atoms with Gasteiger partial charge in [0.15, 0.2) is 6.23 Å². The van der Waals surface area contributed by atoms with E-state index in [4.69, 9.17) is 10.5 Å². The number of anilines is 1. The van der Waals surface area contributed by atoms with Crippen LogP contribution < -0.4 is 11.1 Å². The van der Waals surface area contributed by atoms with Gasteiger partial charge < -0.3 is 15.8 Å². The summed E-state index contributed by atoms with van der Waals surface area (Å²) in [5.41, 5.74) is 7.55. The van der Waals surface area contributed by atoms with Crippen molar-refractivity contribution in [2.75, 3.05) is 12.8 Å². The summed E-state index contributed by atoms with van der Waals surface area (Å²) >= 11 is 0. The van der Waals surface area contributed by atoms with Crippen LogP contribution in [0.5, 0.6) is 0 Å². The third-order valence-corrected chi connectivity index (χ3v) is 2.81. The lowest BCUT2D eigenvalue weighted by molar-refractivity contribution is 0.0576. The molecule has 0 aliphatic carbocycles. The standard InChI is InChI=1S/C15H16N2O2/c1-19-15(11-7-3-2-4-8-11)17-14(18)12-9-5-6-10-13(12)16/h2-10,15H,16H2,1H3,(H,17,18). The summed E-state index contributed by atoms with van der Waals surface area (Å²) in [5, 5.41) is 2.80. The van der Waals surface area contributed by atoms with E-state index in [0.29, 0.717) is 11.3 Å². The first-order chi connectivity index (χ1) is 9.22. The van der Waals surface area contributed by atoms with Crippen LogP contribution in [0.25, 0.3) is 0 Å². The Kier molecular flexibility index (Phi) is 4.15. The van der Waals surface area contributed by atoms with Gasteiger partial charge >= 0.3 is 0 Å². The molecule has 0 aliphatic heterocycles. The normalized spacial score (nSPS) is 11.8. The lowest BCUT2D eigenvalue weighted by atomic mass is 10.1. The highest BCUT2D eigenvalue weighted by atomic mass is 16.5. The van der Waals surface area contributed by atoms with Crippen molar-refractivity contribution >= 4 is 11.6 Å². The molecule has 0 heterocycles. The molecule has 1 atom stereocenters. The lowest BCUT2D eigenvalue weighted by Gasteiger charge is -2.18. The Hall–Kier alpha value is -2.33. The quantitative estimate of drug-likeness (QED) is 0.652. The lowest BCUT2D eigenvalue weighted by Crippen LogP contribution is -2.30. The first-order valence-corrected chi connectivity index (χ1v) is 5.95. The smallest absolute Gasteiger partial charge is 0.255 e. The number of carbonyl (C=O) groups excluding carboxylic acids is 1. The highest BCUT2D eigenvalue weighted by Gasteiger charge is 2.16. The minimum atomic E-state index is -0.492. The van der Waals surface area contributed by atoms with E-state index in [-0.39, 0.29) is 5.91 Å². The molecule has 0 saturated heterocycles. The average Bonchev–Trinajstić information content (AvgIpc) is 2.46. The number of hydrogen-bond donors (Lipinski definition) is 2. The van der Waals surface area contributed by atoms with Crippen molar-refractivity contribution in [3.05, 3.63) is 65.7 Å². The second-order valence-corrected chi connectivity index (χ2v) is 4.09. The van der Waals surface area contributed by atoms with Crippen molar-refractivity contribution in [1.82, 2.24) is 5.32 Å². The number of ether oxygens (including phenoxy) is 1. The fourth-order valence-electron chi connectivity index (χ4n) is 1.81. The Balaban J connectivity index is 2.16. The van der Waals surface area contributed by atoms with Gasteiger partial charge in [0.25, 0.3) is 5.91 Å². The fourth-order valence-corrected chi connectivity index (χ4v) is 1.81. The minimum absolute atomic E-state index is 0.256. The molecule has 1 unspecified atom stereocenters. The van der Waals surface area contributed by atoms with Gasteiger partial charge in [-0.05, 0) is 12.1 Å². The van der Waals surface area contributed by atoms with Crippen LogP contribution in [0.3, 0.4) is 0 Å². The number of nitrogens with one attached hydrogen (secondary N) is 1. The Morgan fingerprint density at radius 1 is 1.11 bits per heavy atom. The number of nitrogens with two attached hydrogens (primary N) is 1. The summed E-state index contributed by atoms with van der Waals surface area (Å²) in [6.07, 6.45) is -0.492. The first kappa shape index (κ1) is 13.1. The van der Waals surface area contributed by atoms with Gasteiger partial charge in [-0.3, -0.25) is 4.79 Å². The van der Waals surface area contributed by atoms with Crippen LogP contribution in [-0.2, 0) is 4.74 Å². The molecule has 3 N–H and O–H groups in total. The maximum Gasteiger partial charge on any atom is 0.255 e. The average molecular weight is 256 g/mol. The molecule has 0 saturated carbocycles. The van der Waals surface area contributed by atoms with Gasteiger partial charge in [0, 0.05) is 18.4 Å². The van der Waals surface area contributed by atoms with E-state index in [1.54, 1.807) is 31.4 Å². The van der Waals surface area contributed by atoms with Crippen LogP contribution in [0.4, 0.5) is 5.69 Å². The van der Waals surface area contributed by atoms with Crippen molar-refractivity contribution < 1.29 is 9.53 Å². The van der Waals surface area contributed by atoms with E-state index in [9.17, 15) is 4.79 Å². The zero-order chi connectivity index (χ0) is 13.7. The van der Waals surface area contributed by atoms with E-state index < -0.39 is 6.23 Å². The number of carbonyl (C=O) groups is 1. The molecule has 19 heavy (non-hydrogen) atoms. The molecule has 4 heteroatoms. The molecule has 0 spiro atoms. The highest BCUT2D eigenvalue weighted by molar-refractivity contribution is 5.99. The molecular weight excluding hydrogens is 240 g/mol. The zero-order valence-corrected chi connectivity index (χ0v) is 10.7. The van der Waals surface area contributed by atoms with E-state index >= 15 is 0 Å². The molecule has 0 fully saturated rings. The zero-order valence-electron chi connectivity index (χ0n) is 10.7. The number of hydrogen-bond acceptors (Lipinski definition) is 3. The second-order valence-electron chi connectivity index (χ2n) is 4.09. The molecule has 4 nitrogen and oxygen atoms in total. The van der Waals surface area contributed by atoms with Gasteiger partial charge in [-0.2, -0.15) is 0 Å². The maximum absolute atomic E-state index is 12.1. The summed E-state index contributed by atoms with van der Waals surface area (Å²) in [5.74, 6) is -0.256. The van der Waals surface area contributed by atoms with E-state index in [1.165, 1.54) is 0 Å². The Labute approximate surface area is 112 Å². The van der Waals surface area contributed by atoms with Crippen LogP contribution in [0, 0.1) is 0 Å². The molecule has 2 aromatic rings. The topological polar surface area (TPSA) is 64.3 Å². The SMILES string of the molecule is COC(NC(=O)c1ccccc1N)c1ccccc1. The second kappa shape index (κ2) is 6.02. The van der Waals surface area contributed by atoms with Gasteiger partial charge in [0.2, 0.25) is 0 Å². The van der Waals surface area contributed by atoms with Crippen LogP contribution in [0.15, 0.2) is 54.6 Å². The summed E-state index contributed by atoms with van der Waals surface area (Å²) in [7, 11) is 1.55. The van der Waals surface area contributed by atoms with Gasteiger partial charge in [-0.25, -0.2) is 0 Å². The molecular formula is C15H16N2O2. The number of benzene rings is 2. The highest BCUT2D eigenvalue weighted by Crippen LogP contribution is 2.16. The first-order valence-electron chi connectivity index (χ1n) is 5.95. The molecule has 2 rings (SSSR count). The summed E-state index contributed by atoms with van der Waals surface area (Å²) in [4.78, 5) is 12.1. The number of methoxy groups -OCH3 is 1. The third-order valence-electron chi connectivity index (χ3n) is 2.81. The predicted molar refractivity (Wildman–Crippen MR) is 74.5 cm³/mol. The van der Waals surface area contributed by atoms with Gasteiger partial charge in [0.05, 0.1) is 5.56 Å². The monoisotopic (exact) mass is 256 g/mol. The number of amides is 1. The summed E-state index contributed by atoms with van der Waals surface area (Å²) in [6.45, 7) is 0. The summed E-state index contributed by atoms with van der Waals surface area (Å²) < 4.78 is 5.30. The summed E-state index contributed by atoms with van der Waals surface area (Å²) in [6, 6.07) is 16.4. The molecule has 98 valence electrons. The van der Waals surface area contributed by atoms with Gasteiger partial charge in [0.1, 0.15) is 0 Å². The van der Waals surface area contributed by atoms with Gasteiger partial charge in [-0.15, -0.1) is 0 Å². The molecule has 1 amide bonds. The van der Waals surface area contributed by atoms with Crippen molar-refractivity contribution in [3.63, 3.8) is 0 Å². The van der Waals surface area contributed by atoms with Crippen molar-refractivity contribution in [2.24, 2.45) is 0 Å². The Bertz CT molecular complexity index is 555. The Morgan fingerprint density at radius 2 is 1.74 bits per heavy atom. The van der Waals surface area contributed by atoms with E-state index in [1.807, 2.05) is 30.3 Å². The van der Waals surface area contributed by atoms with Crippen LogP contribution in [0.2, 0.25) is 0 Å². The Morgan fingerprint density at radius 3 is 2.37 bits per heavy atom. The fraction of sp³-hybridized carbons (Fsp3) is 0.133. The van der Waals surface area contributed by atoms with Gasteiger partial charge in [-0.1, -0.05) is 42.5 Å². The van der Waals surface area contributed by atoms with Crippen molar-refractivity contribution in [1.29, 1.82) is 0 Å². The molecule has 2 aromatic carbocycles. The maximum atomic E-state index is 12.1. The predicted octanol–water partition coefficient (Wildman–Crippen LogP) is 2.34. The van der Waals surface area contributed by atoms with Crippen molar-refractivity contribution in [3.8, 4) is 0 Å². The van der Waals surface area contributed by atoms with Crippen LogP contribution in [0.1, 0.15) is 22.1 Å². The minimum Gasteiger partial charge on any atom is -0.398 e. The third kappa shape index (κ3) is 3.11. The molecule has 0 aromatic heterocycles.